The van der Waals surface area contributed by atoms with Gasteiger partial charge in [-0.1, -0.05) is 13.3 Å². The summed E-state index contributed by atoms with van der Waals surface area (Å²) in [5.74, 6) is -1.82. The van der Waals surface area contributed by atoms with Gasteiger partial charge in [0.25, 0.3) is 0 Å². The Balaban J connectivity index is 2.20. The third-order valence-corrected chi connectivity index (χ3v) is 3.67. The second-order valence-electron chi connectivity index (χ2n) is 5.00. The van der Waals surface area contributed by atoms with Crippen molar-refractivity contribution in [3.05, 3.63) is 29.6 Å². The number of nitrogens with one attached hydrogen (secondary N) is 1. The summed E-state index contributed by atoms with van der Waals surface area (Å²) in [6.07, 6.45) is 2.78. The van der Waals surface area contributed by atoms with E-state index in [1.165, 1.54) is 0 Å². The molecule has 1 aliphatic rings. The average Bonchev–Trinajstić information content (AvgIpc) is 2.75. The molecule has 0 spiro atoms. The minimum atomic E-state index is -1.19. The Hall–Kier alpha value is -1.91. The van der Waals surface area contributed by atoms with Crippen molar-refractivity contribution in [3.63, 3.8) is 0 Å². The molecule has 2 N–H and O–H groups in total. The Bertz CT molecular complexity index is 515. The number of carbonyl (C=O) groups excluding carboxylic acids is 1. The molecule has 2 unspecified atom stereocenters. The average molecular weight is 265 g/mol. The van der Waals surface area contributed by atoms with Crippen molar-refractivity contribution in [1.82, 2.24) is 0 Å². The first-order chi connectivity index (χ1) is 8.99. The van der Waals surface area contributed by atoms with Crippen LogP contribution in [-0.2, 0) is 4.79 Å². The molecule has 1 aromatic rings. The summed E-state index contributed by atoms with van der Waals surface area (Å²) < 4.78 is 13.2. The van der Waals surface area contributed by atoms with E-state index in [0.717, 1.165) is 37.5 Å². The molecule has 1 aliphatic carbocycles. The fourth-order valence-electron chi connectivity index (χ4n) is 2.57. The topological polar surface area (TPSA) is 66.4 Å². The van der Waals surface area contributed by atoms with Crippen molar-refractivity contribution in [3.8, 4) is 0 Å². The third kappa shape index (κ3) is 2.92. The summed E-state index contributed by atoms with van der Waals surface area (Å²) in [6.45, 7) is 2.00. The number of hydrogen-bond donors (Lipinski definition) is 2. The van der Waals surface area contributed by atoms with Gasteiger partial charge in [-0.3, -0.25) is 4.79 Å². The van der Waals surface area contributed by atoms with Crippen LogP contribution in [0.4, 0.5) is 10.1 Å². The monoisotopic (exact) mass is 265 g/mol. The first kappa shape index (κ1) is 13.5. The van der Waals surface area contributed by atoms with Crippen LogP contribution in [0.3, 0.4) is 0 Å². The molecule has 1 amide bonds. The van der Waals surface area contributed by atoms with Crippen molar-refractivity contribution in [2.45, 2.75) is 26.2 Å². The van der Waals surface area contributed by atoms with Gasteiger partial charge in [0.15, 0.2) is 0 Å². The van der Waals surface area contributed by atoms with Crippen LogP contribution in [0, 0.1) is 17.7 Å². The molecular weight excluding hydrogens is 249 g/mol. The van der Waals surface area contributed by atoms with Gasteiger partial charge in [-0.05, 0) is 37.0 Å². The highest BCUT2D eigenvalue weighted by atomic mass is 19.1. The maximum atomic E-state index is 13.2. The number of carbonyl (C=O) groups is 2. The van der Waals surface area contributed by atoms with Crippen LogP contribution in [0.15, 0.2) is 18.2 Å². The number of carboxylic acids is 1. The van der Waals surface area contributed by atoms with E-state index >= 15 is 0 Å². The van der Waals surface area contributed by atoms with E-state index in [0.29, 0.717) is 0 Å². The molecule has 2 rings (SSSR count). The lowest BCUT2D eigenvalue weighted by atomic mass is 9.97. The van der Waals surface area contributed by atoms with Crippen LogP contribution >= 0.6 is 0 Å². The van der Waals surface area contributed by atoms with Crippen LogP contribution in [0.25, 0.3) is 0 Å². The minimum absolute atomic E-state index is 0.0246. The summed E-state index contributed by atoms with van der Waals surface area (Å²) >= 11 is 0. The molecule has 5 heteroatoms. The van der Waals surface area contributed by atoms with Gasteiger partial charge < -0.3 is 10.4 Å². The fourth-order valence-corrected chi connectivity index (χ4v) is 2.57. The number of carboxylic acid groups (broad SMARTS) is 1. The van der Waals surface area contributed by atoms with E-state index in [-0.39, 0.29) is 29.0 Å². The number of anilines is 1. The zero-order chi connectivity index (χ0) is 14.0. The number of aromatic carboxylic acids is 1. The number of halogens is 1. The first-order valence-corrected chi connectivity index (χ1v) is 6.32. The van der Waals surface area contributed by atoms with E-state index in [9.17, 15) is 14.0 Å². The van der Waals surface area contributed by atoms with Crippen molar-refractivity contribution in [2.24, 2.45) is 11.8 Å². The highest BCUT2D eigenvalue weighted by molar-refractivity contribution is 6.01. The maximum absolute atomic E-state index is 13.2. The van der Waals surface area contributed by atoms with Gasteiger partial charge in [0.1, 0.15) is 5.82 Å². The van der Waals surface area contributed by atoms with Gasteiger partial charge in [0.05, 0.1) is 11.3 Å². The Labute approximate surface area is 110 Å². The van der Waals surface area contributed by atoms with Gasteiger partial charge in [-0.25, -0.2) is 9.18 Å². The highest BCUT2D eigenvalue weighted by Crippen LogP contribution is 2.32. The predicted octanol–water partition coefficient (Wildman–Crippen LogP) is 2.90. The fraction of sp³-hybridized carbons (Fsp3) is 0.429. The predicted molar refractivity (Wildman–Crippen MR) is 68.5 cm³/mol. The third-order valence-electron chi connectivity index (χ3n) is 3.67. The Morgan fingerprint density at radius 1 is 1.37 bits per heavy atom. The molecule has 0 radical (unpaired) electrons. The normalized spacial score (nSPS) is 22.2. The summed E-state index contributed by atoms with van der Waals surface area (Å²) in [6, 6.07) is 3.27. The van der Waals surface area contributed by atoms with Crippen LogP contribution in [0.5, 0.6) is 0 Å². The molecule has 0 aliphatic heterocycles. The lowest BCUT2D eigenvalue weighted by Crippen LogP contribution is -2.25. The van der Waals surface area contributed by atoms with Gasteiger partial charge in [-0.15, -0.1) is 0 Å². The number of amides is 1. The van der Waals surface area contributed by atoms with Crippen LogP contribution in [0.1, 0.15) is 36.5 Å². The number of hydrogen-bond acceptors (Lipinski definition) is 2. The number of rotatable bonds is 3. The van der Waals surface area contributed by atoms with E-state index < -0.39 is 11.8 Å². The Morgan fingerprint density at radius 2 is 2.11 bits per heavy atom. The van der Waals surface area contributed by atoms with E-state index in [4.69, 9.17) is 5.11 Å². The standard InChI is InChI=1S/C14H16FNO3/c1-8-3-2-4-10(8)13(17)16-12-7-9(15)5-6-11(12)14(18)19/h5-8,10H,2-4H2,1H3,(H,16,17)(H,18,19). The van der Waals surface area contributed by atoms with Crippen molar-refractivity contribution in [1.29, 1.82) is 0 Å². The second-order valence-corrected chi connectivity index (χ2v) is 5.00. The van der Waals surface area contributed by atoms with E-state index in [1.807, 2.05) is 6.92 Å². The molecular formula is C14H16FNO3. The Kier molecular flexibility index (Phi) is 3.83. The smallest absolute Gasteiger partial charge is 0.337 e. The van der Waals surface area contributed by atoms with Crippen molar-refractivity contribution >= 4 is 17.6 Å². The van der Waals surface area contributed by atoms with E-state index in [2.05, 4.69) is 5.32 Å². The van der Waals surface area contributed by atoms with Gasteiger partial charge >= 0.3 is 5.97 Å². The number of benzene rings is 1. The maximum Gasteiger partial charge on any atom is 0.337 e. The minimum Gasteiger partial charge on any atom is -0.478 e. The van der Waals surface area contributed by atoms with E-state index in [1.54, 1.807) is 0 Å². The zero-order valence-corrected chi connectivity index (χ0v) is 10.6. The Morgan fingerprint density at radius 3 is 2.68 bits per heavy atom. The molecule has 19 heavy (non-hydrogen) atoms. The molecule has 0 heterocycles. The summed E-state index contributed by atoms with van der Waals surface area (Å²) in [5.41, 5.74) is -0.0722. The summed E-state index contributed by atoms with van der Waals surface area (Å²) in [4.78, 5) is 23.1. The summed E-state index contributed by atoms with van der Waals surface area (Å²) in [5, 5.41) is 11.6. The molecule has 2 atom stereocenters. The van der Waals surface area contributed by atoms with Crippen LogP contribution in [-0.4, -0.2) is 17.0 Å². The molecule has 1 aromatic carbocycles. The van der Waals surface area contributed by atoms with Gasteiger partial charge in [-0.2, -0.15) is 0 Å². The van der Waals surface area contributed by atoms with Gasteiger partial charge in [0.2, 0.25) is 5.91 Å². The molecule has 4 nitrogen and oxygen atoms in total. The highest BCUT2D eigenvalue weighted by Gasteiger charge is 2.30. The quantitative estimate of drug-likeness (QED) is 0.883. The molecule has 0 saturated heterocycles. The zero-order valence-electron chi connectivity index (χ0n) is 10.6. The summed E-state index contributed by atoms with van der Waals surface area (Å²) in [7, 11) is 0. The van der Waals surface area contributed by atoms with Crippen molar-refractivity contribution in [2.75, 3.05) is 5.32 Å². The lowest BCUT2D eigenvalue weighted by molar-refractivity contribution is -0.120. The molecule has 0 aromatic heterocycles. The second kappa shape index (κ2) is 5.38. The van der Waals surface area contributed by atoms with Crippen LogP contribution < -0.4 is 5.32 Å². The molecule has 1 fully saturated rings. The molecule has 102 valence electrons. The molecule has 0 bridgehead atoms. The lowest BCUT2D eigenvalue weighted by Gasteiger charge is -2.16. The first-order valence-electron chi connectivity index (χ1n) is 6.32. The largest absolute Gasteiger partial charge is 0.478 e. The van der Waals surface area contributed by atoms with Gasteiger partial charge in [0, 0.05) is 5.92 Å². The van der Waals surface area contributed by atoms with Crippen molar-refractivity contribution < 1.29 is 19.1 Å². The van der Waals surface area contributed by atoms with Crippen LogP contribution in [0.2, 0.25) is 0 Å². The SMILES string of the molecule is CC1CCCC1C(=O)Nc1cc(F)ccc1C(=O)O. The molecule has 1 saturated carbocycles.